The summed E-state index contributed by atoms with van der Waals surface area (Å²) in [6.07, 6.45) is 3.79. The van der Waals surface area contributed by atoms with Crippen molar-refractivity contribution in [2.45, 2.75) is 24.9 Å². The maximum absolute atomic E-state index is 6.00. The third kappa shape index (κ3) is 2.12. The number of benzene rings is 1. The zero-order valence-corrected chi connectivity index (χ0v) is 13.7. The molecule has 0 unspecified atom stereocenters. The third-order valence-electron chi connectivity index (χ3n) is 4.58. The highest BCUT2D eigenvalue weighted by molar-refractivity contribution is 7.22. The fraction of sp³-hybridized carbons (Fsp3) is 0.235. The van der Waals surface area contributed by atoms with Gasteiger partial charge in [-0.25, -0.2) is 14.6 Å². The summed E-state index contributed by atoms with van der Waals surface area (Å²) in [5, 5.41) is 9.94. The number of nitrogens with zero attached hydrogens (tertiary/aromatic N) is 4. The number of fused-ring (bicyclic) bond motifs is 2. The number of nitrogen functional groups attached to an aromatic ring is 1. The van der Waals surface area contributed by atoms with Gasteiger partial charge in [0.2, 0.25) is 0 Å². The molecule has 7 heteroatoms. The molecule has 0 atom stereocenters. The SMILES string of the molecule is Nc1nn(C2CC(Nc3nc4ccccc4s3)C2)c2ncccc12. The van der Waals surface area contributed by atoms with Gasteiger partial charge in [0.15, 0.2) is 16.6 Å². The summed E-state index contributed by atoms with van der Waals surface area (Å²) in [5.41, 5.74) is 7.92. The molecule has 6 nitrogen and oxygen atoms in total. The van der Waals surface area contributed by atoms with Crippen LogP contribution in [0.1, 0.15) is 18.9 Å². The van der Waals surface area contributed by atoms with Crippen LogP contribution in [0.25, 0.3) is 21.3 Å². The second kappa shape index (κ2) is 5.17. The average Bonchev–Trinajstić information content (AvgIpc) is 3.12. The molecule has 0 spiro atoms. The molecule has 0 radical (unpaired) electrons. The molecule has 1 aliphatic carbocycles. The van der Waals surface area contributed by atoms with Crippen molar-refractivity contribution >= 4 is 43.5 Å². The molecule has 3 N–H and O–H groups in total. The van der Waals surface area contributed by atoms with E-state index in [1.165, 1.54) is 4.70 Å². The van der Waals surface area contributed by atoms with Crippen molar-refractivity contribution in [1.82, 2.24) is 19.7 Å². The van der Waals surface area contributed by atoms with Crippen LogP contribution in [0.5, 0.6) is 0 Å². The summed E-state index contributed by atoms with van der Waals surface area (Å²) in [6, 6.07) is 12.8. The summed E-state index contributed by atoms with van der Waals surface area (Å²) in [4.78, 5) is 9.07. The van der Waals surface area contributed by atoms with Crippen molar-refractivity contribution < 1.29 is 0 Å². The fourth-order valence-corrected chi connectivity index (χ4v) is 4.21. The minimum absolute atomic E-state index is 0.339. The van der Waals surface area contributed by atoms with Gasteiger partial charge in [0.25, 0.3) is 0 Å². The summed E-state index contributed by atoms with van der Waals surface area (Å²) in [7, 11) is 0. The number of hydrogen-bond donors (Lipinski definition) is 2. The van der Waals surface area contributed by atoms with Gasteiger partial charge in [0, 0.05) is 12.2 Å². The lowest BCUT2D eigenvalue weighted by Gasteiger charge is -2.35. The van der Waals surface area contributed by atoms with E-state index >= 15 is 0 Å². The lowest BCUT2D eigenvalue weighted by Crippen LogP contribution is -2.37. The first kappa shape index (κ1) is 13.7. The second-order valence-electron chi connectivity index (χ2n) is 6.16. The van der Waals surface area contributed by atoms with Gasteiger partial charge in [-0.2, -0.15) is 5.10 Å². The van der Waals surface area contributed by atoms with Crippen LogP contribution in [-0.2, 0) is 0 Å². The molecule has 1 aliphatic rings. The van der Waals surface area contributed by atoms with Gasteiger partial charge in [-0.3, -0.25) is 0 Å². The van der Waals surface area contributed by atoms with Crippen LogP contribution >= 0.6 is 11.3 Å². The molecule has 3 heterocycles. The van der Waals surface area contributed by atoms with Gasteiger partial charge in [-0.15, -0.1) is 0 Å². The van der Waals surface area contributed by atoms with Crippen LogP contribution in [0.3, 0.4) is 0 Å². The first-order valence-electron chi connectivity index (χ1n) is 7.99. The van der Waals surface area contributed by atoms with E-state index in [9.17, 15) is 0 Å². The number of nitrogens with two attached hydrogens (primary N) is 1. The van der Waals surface area contributed by atoms with Crippen molar-refractivity contribution in [1.29, 1.82) is 0 Å². The van der Waals surface area contributed by atoms with Gasteiger partial charge < -0.3 is 11.1 Å². The molecule has 5 rings (SSSR count). The van der Waals surface area contributed by atoms with Crippen LogP contribution in [0, 0.1) is 0 Å². The molecule has 0 amide bonds. The number of thiazole rings is 1. The molecule has 120 valence electrons. The Hall–Kier alpha value is -2.67. The van der Waals surface area contributed by atoms with Crippen LogP contribution in [0.2, 0.25) is 0 Å². The minimum atomic E-state index is 0.339. The Labute approximate surface area is 142 Å². The lowest BCUT2D eigenvalue weighted by molar-refractivity contribution is 0.268. The summed E-state index contributed by atoms with van der Waals surface area (Å²) >= 11 is 1.70. The Balaban J connectivity index is 1.33. The number of hydrogen-bond acceptors (Lipinski definition) is 6. The standard InChI is InChI=1S/C17H16N6S/c18-15-12-4-3-7-19-16(12)23(22-15)11-8-10(9-11)20-17-21-13-5-1-2-6-14(13)24-17/h1-7,10-11H,8-9H2,(H2,18,22)(H,20,21). The molecule has 1 fully saturated rings. The van der Waals surface area contributed by atoms with E-state index in [2.05, 4.69) is 26.4 Å². The Bertz CT molecular complexity index is 997. The lowest BCUT2D eigenvalue weighted by atomic mass is 9.87. The maximum atomic E-state index is 6.00. The summed E-state index contributed by atoms with van der Waals surface area (Å²) < 4.78 is 3.19. The zero-order valence-electron chi connectivity index (χ0n) is 12.9. The van der Waals surface area contributed by atoms with E-state index in [4.69, 9.17) is 5.73 Å². The monoisotopic (exact) mass is 336 g/mol. The van der Waals surface area contributed by atoms with E-state index in [1.807, 2.05) is 35.0 Å². The van der Waals surface area contributed by atoms with Gasteiger partial charge in [-0.1, -0.05) is 23.5 Å². The quantitative estimate of drug-likeness (QED) is 0.599. The molecular formula is C17H16N6S. The topological polar surface area (TPSA) is 81.6 Å². The van der Waals surface area contributed by atoms with Crippen LogP contribution in [0.15, 0.2) is 42.6 Å². The highest BCUT2D eigenvalue weighted by Gasteiger charge is 2.33. The van der Waals surface area contributed by atoms with Crippen molar-refractivity contribution in [2.75, 3.05) is 11.1 Å². The van der Waals surface area contributed by atoms with Crippen molar-refractivity contribution in [3.8, 4) is 0 Å². The molecule has 1 aromatic carbocycles. The van der Waals surface area contributed by atoms with Crippen LogP contribution < -0.4 is 11.1 Å². The maximum Gasteiger partial charge on any atom is 0.184 e. The molecule has 24 heavy (non-hydrogen) atoms. The second-order valence-corrected chi connectivity index (χ2v) is 7.19. The van der Waals surface area contributed by atoms with Gasteiger partial charge >= 0.3 is 0 Å². The number of rotatable bonds is 3. The minimum Gasteiger partial charge on any atom is -0.382 e. The molecular weight excluding hydrogens is 320 g/mol. The van der Waals surface area contributed by atoms with E-state index in [0.29, 0.717) is 17.9 Å². The Morgan fingerprint density at radius 1 is 1.17 bits per heavy atom. The van der Waals surface area contributed by atoms with Crippen molar-refractivity contribution in [3.63, 3.8) is 0 Å². The number of nitrogens with one attached hydrogen (secondary N) is 1. The Morgan fingerprint density at radius 2 is 2.04 bits per heavy atom. The smallest absolute Gasteiger partial charge is 0.184 e. The number of para-hydroxylation sites is 1. The number of pyridine rings is 1. The van der Waals surface area contributed by atoms with Crippen molar-refractivity contribution in [3.05, 3.63) is 42.6 Å². The highest BCUT2D eigenvalue weighted by Crippen LogP contribution is 2.37. The van der Waals surface area contributed by atoms with Crippen molar-refractivity contribution in [2.24, 2.45) is 0 Å². The van der Waals surface area contributed by atoms with E-state index in [-0.39, 0.29) is 0 Å². The molecule has 0 bridgehead atoms. The molecule has 1 saturated carbocycles. The Kier molecular flexibility index (Phi) is 2.96. The van der Waals surface area contributed by atoms with Crippen LogP contribution in [-0.4, -0.2) is 25.8 Å². The molecule has 0 aliphatic heterocycles. The van der Waals surface area contributed by atoms with E-state index in [1.54, 1.807) is 17.5 Å². The predicted molar refractivity (Wildman–Crippen MR) is 97.2 cm³/mol. The third-order valence-corrected chi connectivity index (χ3v) is 5.54. The van der Waals surface area contributed by atoms with Gasteiger partial charge in [-0.05, 0) is 37.1 Å². The number of aromatic nitrogens is 4. The predicted octanol–water partition coefficient (Wildman–Crippen LogP) is 3.44. The normalized spacial score (nSPS) is 20.3. The molecule has 0 saturated heterocycles. The van der Waals surface area contributed by atoms with Gasteiger partial charge in [0.1, 0.15) is 0 Å². The molecule has 3 aromatic heterocycles. The highest BCUT2D eigenvalue weighted by atomic mass is 32.1. The largest absolute Gasteiger partial charge is 0.382 e. The van der Waals surface area contributed by atoms with Gasteiger partial charge in [0.05, 0.1) is 21.6 Å². The average molecular weight is 336 g/mol. The van der Waals surface area contributed by atoms with E-state index < -0.39 is 0 Å². The number of anilines is 2. The summed E-state index contributed by atoms with van der Waals surface area (Å²) in [5.74, 6) is 0.556. The van der Waals surface area contributed by atoms with E-state index in [0.717, 1.165) is 34.5 Å². The fourth-order valence-electron chi connectivity index (χ4n) is 3.27. The summed E-state index contributed by atoms with van der Waals surface area (Å²) in [6.45, 7) is 0. The zero-order chi connectivity index (χ0) is 16.1. The molecule has 4 aromatic rings. The first-order valence-corrected chi connectivity index (χ1v) is 8.80. The Morgan fingerprint density at radius 3 is 2.92 bits per heavy atom. The first-order chi connectivity index (χ1) is 11.8. The van der Waals surface area contributed by atoms with Crippen LogP contribution in [0.4, 0.5) is 10.9 Å².